The molecule has 0 aliphatic heterocycles. The van der Waals surface area contributed by atoms with Gasteiger partial charge in [-0.05, 0) is 59.1 Å². The van der Waals surface area contributed by atoms with Gasteiger partial charge in [0.15, 0.2) is 0 Å². The predicted octanol–water partition coefficient (Wildman–Crippen LogP) is 3.96. The highest BCUT2D eigenvalue weighted by molar-refractivity contribution is 5.10. The molecule has 1 heterocycles. The third-order valence-corrected chi connectivity index (χ3v) is 3.59. The molecule has 3 nitrogen and oxygen atoms in total. The normalized spacial score (nSPS) is 12.1. The highest BCUT2D eigenvalue weighted by Gasteiger charge is 2.07. The molecule has 0 unspecified atom stereocenters. The molecule has 0 spiro atoms. The third kappa shape index (κ3) is 6.56. The highest BCUT2D eigenvalue weighted by Crippen LogP contribution is 2.09. The van der Waals surface area contributed by atoms with Gasteiger partial charge in [-0.1, -0.05) is 26.7 Å². The average Bonchev–Trinajstić information content (AvgIpc) is 2.79. The largest absolute Gasteiger partial charge is 0.312 e. The van der Waals surface area contributed by atoms with Crippen LogP contribution in [0.3, 0.4) is 0 Å². The van der Waals surface area contributed by atoms with Crippen LogP contribution in [0.2, 0.25) is 0 Å². The first-order valence-corrected chi connectivity index (χ1v) is 8.27. The molecule has 116 valence electrons. The summed E-state index contributed by atoms with van der Waals surface area (Å²) < 4.78 is 2.21. The standard InChI is InChI=1S/C17H33N3/c1-6-15-14-16(7-2)20(19-15)13-11-9-8-10-12-18-17(3,4)5/h14,18H,6-13H2,1-5H3. The van der Waals surface area contributed by atoms with Crippen LogP contribution < -0.4 is 5.32 Å². The van der Waals surface area contributed by atoms with E-state index in [0.29, 0.717) is 0 Å². The zero-order chi connectivity index (χ0) is 15.0. The smallest absolute Gasteiger partial charge is 0.0624 e. The Kier molecular flexibility index (Phi) is 7.28. The molecule has 3 heteroatoms. The summed E-state index contributed by atoms with van der Waals surface area (Å²) in [7, 11) is 0. The second-order valence-corrected chi connectivity index (χ2v) is 6.65. The Labute approximate surface area is 125 Å². The van der Waals surface area contributed by atoms with E-state index in [0.717, 1.165) is 25.9 Å². The molecular weight excluding hydrogens is 246 g/mol. The molecule has 1 aromatic heterocycles. The van der Waals surface area contributed by atoms with Crippen LogP contribution in [0.5, 0.6) is 0 Å². The van der Waals surface area contributed by atoms with Crippen LogP contribution in [0.1, 0.15) is 71.7 Å². The lowest BCUT2D eigenvalue weighted by Crippen LogP contribution is -2.36. The number of nitrogens with one attached hydrogen (secondary N) is 1. The van der Waals surface area contributed by atoms with Crippen molar-refractivity contribution in [3.63, 3.8) is 0 Å². The van der Waals surface area contributed by atoms with Crippen molar-refractivity contribution in [3.8, 4) is 0 Å². The number of aromatic nitrogens is 2. The van der Waals surface area contributed by atoms with Gasteiger partial charge in [-0.3, -0.25) is 4.68 Å². The van der Waals surface area contributed by atoms with Crippen molar-refractivity contribution in [3.05, 3.63) is 17.5 Å². The van der Waals surface area contributed by atoms with E-state index in [1.54, 1.807) is 0 Å². The molecule has 0 atom stereocenters. The maximum Gasteiger partial charge on any atom is 0.0624 e. The van der Waals surface area contributed by atoms with Gasteiger partial charge in [0.25, 0.3) is 0 Å². The first kappa shape index (κ1) is 17.2. The predicted molar refractivity (Wildman–Crippen MR) is 87.2 cm³/mol. The Morgan fingerprint density at radius 2 is 1.75 bits per heavy atom. The zero-order valence-electron chi connectivity index (χ0n) is 14.1. The lowest BCUT2D eigenvalue weighted by atomic mass is 10.1. The van der Waals surface area contributed by atoms with E-state index in [4.69, 9.17) is 0 Å². The Bertz CT molecular complexity index is 374. The Balaban J connectivity index is 2.16. The minimum atomic E-state index is 0.252. The molecule has 1 aromatic rings. The fourth-order valence-electron chi connectivity index (χ4n) is 2.37. The highest BCUT2D eigenvalue weighted by atomic mass is 15.3. The summed E-state index contributed by atoms with van der Waals surface area (Å²) in [6.07, 6.45) is 7.26. The fraction of sp³-hybridized carbons (Fsp3) is 0.824. The van der Waals surface area contributed by atoms with E-state index < -0.39 is 0 Å². The van der Waals surface area contributed by atoms with Crippen molar-refractivity contribution < 1.29 is 0 Å². The van der Waals surface area contributed by atoms with Crippen LogP contribution in [0, 0.1) is 0 Å². The number of nitrogens with zero attached hydrogens (tertiary/aromatic N) is 2. The molecule has 0 saturated heterocycles. The van der Waals surface area contributed by atoms with Gasteiger partial charge in [-0.15, -0.1) is 0 Å². The molecule has 0 aliphatic rings. The van der Waals surface area contributed by atoms with E-state index in [9.17, 15) is 0 Å². The van der Waals surface area contributed by atoms with Gasteiger partial charge in [0.1, 0.15) is 0 Å². The van der Waals surface area contributed by atoms with Crippen molar-refractivity contribution >= 4 is 0 Å². The lowest BCUT2D eigenvalue weighted by Gasteiger charge is -2.20. The van der Waals surface area contributed by atoms with Crippen LogP contribution >= 0.6 is 0 Å². The van der Waals surface area contributed by atoms with Crippen molar-refractivity contribution in [2.24, 2.45) is 0 Å². The van der Waals surface area contributed by atoms with Crippen LogP contribution in [0.4, 0.5) is 0 Å². The summed E-state index contributed by atoms with van der Waals surface area (Å²) >= 11 is 0. The van der Waals surface area contributed by atoms with Gasteiger partial charge < -0.3 is 5.32 Å². The molecule has 0 bridgehead atoms. The Morgan fingerprint density at radius 3 is 2.35 bits per heavy atom. The fourth-order valence-corrected chi connectivity index (χ4v) is 2.37. The quantitative estimate of drug-likeness (QED) is 0.694. The molecule has 1 N–H and O–H groups in total. The summed E-state index contributed by atoms with van der Waals surface area (Å²) in [6.45, 7) is 13.3. The summed E-state index contributed by atoms with van der Waals surface area (Å²) in [5.74, 6) is 0. The first-order chi connectivity index (χ1) is 9.46. The van der Waals surface area contributed by atoms with Gasteiger partial charge in [0.05, 0.1) is 5.69 Å². The van der Waals surface area contributed by atoms with Crippen molar-refractivity contribution in [2.75, 3.05) is 6.54 Å². The number of rotatable bonds is 9. The third-order valence-electron chi connectivity index (χ3n) is 3.59. The molecule has 0 aliphatic carbocycles. The van der Waals surface area contributed by atoms with Crippen molar-refractivity contribution in [1.29, 1.82) is 0 Å². The van der Waals surface area contributed by atoms with E-state index in [-0.39, 0.29) is 5.54 Å². The number of hydrogen-bond donors (Lipinski definition) is 1. The number of aryl methyl sites for hydroxylation is 3. The second-order valence-electron chi connectivity index (χ2n) is 6.65. The topological polar surface area (TPSA) is 29.9 Å². The Hall–Kier alpha value is -0.830. The van der Waals surface area contributed by atoms with Gasteiger partial charge in [-0.2, -0.15) is 5.10 Å². The number of unbranched alkanes of at least 4 members (excludes halogenated alkanes) is 3. The molecule has 1 rings (SSSR count). The minimum Gasteiger partial charge on any atom is -0.312 e. The zero-order valence-corrected chi connectivity index (χ0v) is 14.1. The van der Waals surface area contributed by atoms with Crippen molar-refractivity contribution in [2.45, 2.75) is 85.2 Å². The SMILES string of the molecule is CCc1cc(CC)n(CCCCCCNC(C)(C)C)n1. The van der Waals surface area contributed by atoms with E-state index >= 15 is 0 Å². The molecular formula is C17H33N3. The first-order valence-electron chi connectivity index (χ1n) is 8.27. The number of hydrogen-bond acceptors (Lipinski definition) is 2. The minimum absolute atomic E-state index is 0.252. The van der Waals surface area contributed by atoms with Crippen LogP contribution in [-0.2, 0) is 19.4 Å². The van der Waals surface area contributed by atoms with E-state index in [2.05, 4.69) is 55.8 Å². The van der Waals surface area contributed by atoms with Crippen LogP contribution in [0.15, 0.2) is 6.07 Å². The van der Waals surface area contributed by atoms with E-state index in [1.165, 1.54) is 37.1 Å². The van der Waals surface area contributed by atoms with E-state index in [1.807, 2.05) is 0 Å². The van der Waals surface area contributed by atoms with Gasteiger partial charge in [-0.25, -0.2) is 0 Å². The van der Waals surface area contributed by atoms with Crippen molar-refractivity contribution in [1.82, 2.24) is 15.1 Å². The average molecular weight is 279 g/mol. The molecule has 0 fully saturated rings. The molecule has 20 heavy (non-hydrogen) atoms. The van der Waals surface area contributed by atoms with Crippen LogP contribution in [0.25, 0.3) is 0 Å². The molecule has 0 aromatic carbocycles. The lowest BCUT2D eigenvalue weighted by molar-refractivity contribution is 0.413. The molecule has 0 amide bonds. The molecule has 0 radical (unpaired) electrons. The summed E-state index contributed by atoms with van der Waals surface area (Å²) in [4.78, 5) is 0. The monoisotopic (exact) mass is 279 g/mol. The Morgan fingerprint density at radius 1 is 1.05 bits per heavy atom. The maximum atomic E-state index is 4.67. The van der Waals surface area contributed by atoms with Gasteiger partial charge in [0, 0.05) is 17.8 Å². The summed E-state index contributed by atoms with van der Waals surface area (Å²) in [5.41, 5.74) is 2.87. The van der Waals surface area contributed by atoms with Crippen LogP contribution in [-0.4, -0.2) is 21.9 Å². The summed E-state index contributed by atoms with van der Waals surface area (Å²) in [5, 5.41) is 8.21. The maximum absolute atomic E-state index is 4.67. The second kappa shape index (κ2) is 8.46. The van der Waals surface area contributed by atoms with Gasteiger partial charge in [0.2, 0.25) is 0 Å². The van der Waals surface area contributed by atoms with Gasteiger partial charge >= 0.3 is 0 Å². The molecule has 0 saturated carbocycles. The summed E-state index contributed by atoms with van der Waals surface area (Å²) in [6, 6.07) is 2.26.